The van der Waals surface area contributed by atoms with Crippen molar-refractivity contribution in [2.45, 2.75) is 113 Å². The number of nitrogens with one attached hydrogen (secondary N) is 4. The van der Waals surface area contributed by atoms with Crippen LogP contribution in [0.15, 0.2) is 30.3 Å². The maximum absolute atomic E-state index is 13.4. The van der Waals surface area contributed by atoms with Crippen molar-refractivity contribution in [2.75, 3.05) is 19.6 Å². The molecule has 3 aliphatic rings. The summed E-state index contributed by atoms with van der Waals surface area (Å²) in [5.74, 6) is -0.323. The molecule has 4 rings (SSSR count). The Morgan fingerprint density at radius 2 is 1.76 bits per heavy atom. The lowest BCUT2D eigenvalue weighted by Crippen LogP contribution is -2.59. The van der Waals surface area contributed by atoms with Crippen molar-refractivity contribution in [3.63, 3.8) is 0 Å². The molecular weight excluding hydrogens is 592 g/mol. The topological polar surface area (TPSA) is 166 Å². The van der Waals surface area contributed by atoms with E-state index in [4.69, 9.17) is 5.73 Å². The highest BCUT2D eigenvalue weighted by Crippen LogP contribution is 2.40. The summed E-state index contributed by atoms with van der Waals surface area (Å²) in [6.45, 7) is 10.8. The third kappa shape index (κ3) is 9.67. The summed E-state index contributed by atoms with van der Waals surface area (Å²) in [4.78, 5) is 53.9. The number of rotatable bonds is 11. The van der Waals surface area contributed by atoms with Gasteiger partial charge in [-0.2, -0.15) is 0 Å². The van der Waals surface area contributed by atoms with Gasteiger partial charge in [-0.05, 0) is 64.9 Å². The zero-order chi connectivity index (χ0) is 32.9. The lowest BCUT2D eigenvalue weighted by atomic mass is 9.72. The van der Waals surface area contributed by atoms with Crippen LogP contribution in [0.5, 0.6) is 0 Å². The minimum atomic E-state index is -1.02. The van der Waals surface area contributed by atoms with E-state index in [1.165, 1.54) is 24.6 Å². The van der Waals surface area contributed by atoms with Crippen molar-refractivity contribution < 1.29 is 24.3 Å². The van der Waals surface area contributed by atoms with Crippen LogP contribution in [0.1, 0.15) is 72.3 Å². The Morgan fingerprint density at radius 1 is 1.09 bits per heavy atom. The third-order valence-electron chi connectivity index (χ3n) is 9.11. The van der Waals surface area contributed by atoms with Crippen LogP contribution < -0.4 is 27.0 Å². The van der Waals surface area contributed by atoms with E-state index in [-0.39, 0.29) is 48.8 Å². The number of nitrogens with two attached hydrogens (primary N) is 1. The molecule has 3 fully saturated rings. The molecule has 0 aromatic heterocycles. The minimum absolute atomic E-state index is 0.0115. The van der Waals surface area contributed by atoms with Crippen molar-refractivity contribution in [3.8, 4) is 0 Å². The van der Waals surface area contributed by atoms with Gasteiger partial charge in [0.1, 0.15) is 12.1 Å². The number of aliphatic hydroxyl groups excluding tert-OH is 1. The van der Waals surface area contributed by atoms with Crippen molar-refractivity contribution >= 4 is 35.4 Å². The Kier molecular flexibility index (Phi) is 11.6. The molecule has 2 saturated heterocycles. The summed E-state index contributed by atoms with van der Waals surface area (Å²) in [6, 6.07) is 7.17. The van der Waals surface area contributed by atoms with E-state index < -0.39 is 34.2 Å². The predicted octanol–water partition coefficient (Wildman–Crippen LogP) is 1.28. The summed E-state index contributed by atoms with van der Waals surface area (Å²) in [6.07, 6.45) is 4.70. The normalized spacial score (nSPS) is 27.9. The third-order valence-corrected chi connectivity index (χ3v) is 10.6. The number of piperidine rings is 1. The van der Waals surface area contributed by atoms with Gasteiger partial charge in [-0.15, -0.1) is 11.8 Å². The molecule has 1 aliphatic carbocycles. The van der Waals surface area contributed by atoms with Gasteiger partial charge < -0.3 is 26.8 Å². The van der Waals surface area contributed by atoms with E-state index in [0.29, 0.717) is 11.8 Å². The number of hydrogen-bond acceptors (Lipinski definition) is 8. The molecule has 45 heavy (non-hydrogen) atoms. The van der Waals surface area contributed by atoms with Crippen molar-refractivity contribution in [1.82, 2.24) is 26.2 Å². The van der Waals surface area contributed by atoms with Gasteiger partial charge in [-0.25, -0.2) is 0 Å². The van der Waals surface area contributed by atoms with Crippen LogP contribution in [0, 0.1) is 11.8 Å². The molecule has 7 atom stereocenters. The number of aliphatic hydroxyl groups is 1. The molecule has 11 nitrogen and oxygen atoms in total. The number of β-amino-alcohol motifs (C(OH)–C–C–N with tert-alkyl or cyclic N) is 1. The lowest BCUT2D eigenvalue weighted by molar-refractivity contribution is -0.133. The lowest BCUT2D eigenvalue weighted by Gasteiger charge is -2.46. The fourth-order valence-corrected chi connectivity index (χ4v) is 8.44. The van der Waals surface area contributed by atoms with Crippen LogP contribution in [0.3, 0.4) is 0 Å². The quantitative estimate of drug-likeness (QED) is 0.210. The first kappa shape index (κ1) is 35.2. The van der Waals surface area contributed by atoms with Crippen LogP contribution in [0.2, 0.25) is 0 Å². The second-order valence-electron chi connectivity index (χ2n) is 14.5. The van der Waals surface area contributed by atoms with E-state index >= 15 is 0 Å². The number of hydrogen-bond donors (Lipinski definition) is 6. The molecule has 1 unspecified atom stereocenters. The average Bonchev–Trinajstić information content (AvgIpc) is 3.28. The maximum atomic E-state index is 13.4. The summed E-state index contributed by atoms with van der Waals surface area (Å²) in [5.41, 5.74) is 6.15. The van der Waals surface area contributed by atoms with Gasteiger partial charge in [0.25, 0.3) is 0 Å². The van der Waals surface area contributed by atoms with E-state index in [0.717, 1.165) is 31.4 Å². The molecule has 0 spiro atoms. The molecular formula is C33H52N6O5S. The molecule has 1 aromatic carbocycles. The van der Waals surface area contributed by atoms with Crippen LogP contribution in [0.25, 0.3) is 0 Å². The molecule has 7 N–H and O–H groups in total. The Hall–Kier alpha value is -2.67. The van der Waals surface area contributed by atoms with Crippen LogP contribution in [0.4, 0.5) is 0 Å². The number of amides is 4. The van der Waals surface area contributed by atoms with Crippen molar-refractivity contribution in [2.24, 2.45) is 17.6 Å². The number of thioether (sulfide) groups is 1. The number of carbonyl (C=O) groups is 4. The highest BCUT2D eigenvalue weighted by atomic mass is 32.2. The zero-order valence-electron chi connectivity index (χ0n) is 27.3. The second-order valence-corrected chi connectivity index (χ2v) is 16.3. The van der Waals surface area contributed by atoms with Gasteiger partial charge in [-0.3, -0.25) is 29.4 Å². The number of benzene rings is 1. The fraction of sp³-hybridized carbons (Fsp3) is 0.697. The number of primary amides is 1. The molecule has 250 valence electrons. The highest BCUT2D eigenvalue weighted by Gasteiger charge is 2.49. The first-order valence-electron chi connectivity index (χ1n) is 16.2. The molecule has 1 aromatic rings. The van der Waals surface area contributed by atoms with Gasteiger partial charge >= 0.3 is 0 Å². The SMILES string of the molecule is CC(C)(C)NC(=O)[C@@H]1C[C@@H]2CCCC[C@@H]2CN1C[C@@H](O)CNC(=O)[C@@H]1N[C@@H](C(NC(=O)Cc2ccccc2)C(N)=O)SC1(C)C. The van der Waals surface area contributed by atoms with Crippen molar-refractivity contribution in [1.29, 1.82) is 0 Å². The Bertz CT molecular complexity index is 1210. The first-order chi connectivity index (χ1) is 21.1. The Labute approximate surface area is 271 Å². The number of fused-ring (bicyclic) bond motifs is 1. The number of nitrogens with zero attached hydrogens (tertiary/aromatic N) is 1. The summed E-state index contributed by atoms with van der Waals surface area (Å²) in [7, 11) is 0. The van der Waals surface area contributed by atoms with E-state index in [1.54, 1.807) is 0 Å². The van der Waals surface area contributed by atoms with Gasteiger partial charge in [0, 0.05) is 29.9 Å². The van der Waals surface area contributed by atoms with Gasteiger partial charge in [0.2, 0.25) is 23.6 Å². The van der Waals surface area contributed by atoms with Crippen LogP contribution in [-0.2, 0) is 25.6 Å². The molecule has 12 heteroatoms. The Morgan fingerprint density at radius 3 is 2.40 bits per heavy atom. The van der Waals surface area contributed by atoms with Gasteiger partial charge in [0.05, 0.1) is 23.9 Å². The van der Waals surface area contributed by atoms with Gasteiger partial charge in [-0.1, -0.05) is 49.6 Å². The zero-order valence-corrected chi connectivity index (χ0v) is 28.1. The fourth-order valence-electron chi connectivity index (χ4n) is 6.93. The predicted molar refractivity (Wildman–Crippen MR) is 176 cm³/mol. The van der Waals surface area contributed by atoms with Crippen LogP contribution >= 0.6 is 11.8 Å². The van der Waals surface area contributed by atoms with Gasteiger partial charge in [0.15, 0.2) is 0 Å². The molecule has 0 radical (unpaired) electrons. The monoisotopic (exact) mass is 644 g/mol. The molecule has 0 bridgehead atoms. The largest absolute Gasteiger partial charge is 0.390 e. The highest BCUT2D eigenvalue weighted by molar-refractivity contribution is 8.01. The summed E-state index contributed by atoms with van der Waals surface area (Å²) in [5, 5.41) is 22.4. The number of carbonyl (C=O) groups excluding carboxylic acids is 4. The van der Waals surface area contributed by atoms with Crippen LogP contribution in [-0.4, -0.2) is 93.2 Å². The molecule has 2 aliphatic heterocycles. The standard InChI is InChI=1S/C33H52N6O5S/c1-32(2,3)38-29(43)24-16-21-13-9-10-14-22(21)18-39(24)19-23(40)17-35-30(44)27-33(4,5)45-31(37-27)26(28(34)42)36-25(41)15-20-11-7-6-8-12-20/h6-8,11-12,21-24,26-27,31,37,40H,9-10,13-19H2,1-5H3,(H2,34,42)(H,35,44)(H,36,41)(H,38,43)/t21-,22+,23-,24-,26?,27-,31+/m0/s1. The summed E-state index contributed by atoms with van der Waals surface area (Å²) < 4.78 is -0.628. The smallest absolute Gasteiger partial charge is 0.242 e. The summed E-state index contributed by atoms with van der Waals surface area (Å²) >= 11 is 1.37. The van der Waals surface area contributed by atoms with E-state index in [2.05, 4.69) is 26.2 Å². The van der Waals surface area contributed by atoms with Crippen molar-refractivity contribution in [3.05, 3.63) is 35.9 Å². The van der Waals surface area contributed by atoms with E-state index in [9.17, 15) is 24.3 Å². The second kappa shape index (κ2) is 14.8. The average molecular weight is 645 g/mol. The first-order valence-corrected chi connectivity index (χ1v) is 17.1. The number of likely N-dealkylation sites (tertiary alicyclic amines) is 1. The molecule has 1 saturated carbocycles. The molecule has 4 amide bonds. The molecule has 2 heterocycles. The van der Waals surface area contributed by atoms with E-state index in [1.807, 2.05) is 65.0 Å². The minimum Gasteiger partial charge on any atom is -0.390 e. The Balaban J connectivity index is 1.33. The maximum Gasteiger partial charge on any atom is 0.242 e.